The third-order valence-electron chi connectivity index (χ3n) is 3.25. The molecule has 0 heterocycles. The summed E-state index contributed by atoms with van der Waals surface area (Å²) in [6.07, 6.45) is 0.867. The molecule has 0 fully saturated rings. The van der Waals surface area contributed by atoms with Gasteiger partial charge in [0, 0.05) is 29.9 Å². The first kappa shape index (κ1) is 22.1. The zero-order valence-electron chi connectivity index (χ0n) is 14.3. The van der Waals surface area contributed by atoms with E-state index in [0.717, 1.165) is 30.5 Å². The lowest BCUT2D eigenvalue weighted by Gasteiger charge is -2.08. The lowest BCUT2D eigenvalue weighted by Crippen LogP contribution is -2.05. The average Bonchev–Trinajstić information content (AvgIpc) is 2.54. The van der Waals surface area contributed by atoms with Crippen LogP contribution in [-0.2, 0) is 23.7 Å². The van der Waals surface area contributed by atoms with Crippen molar-refractivity contribution < 1.29 is 26.7 Å². The minimum absolute atomic E-state index is 0.0338. The van der Waals surface area contributed by atoms with E-state index >= 15 is 0 Å². The molecule has 0 atom stereocenters. The molecular weight excluding hydrogens is 453 g/mol. The van der Waals surface area contributed by atoms with Crippen LogP contribution in [0.15, 0.2) is 50.4 Å². The standard InChI is InChI=1S/C15H13Cl2N3O6S2/c1-8(21)18-12-7-14(22)10(16)6-13(12)20-19-11-4-3-9(28(17,25)26)5-15(11)27(2,23)24/h3-7,22H,1-2H3,(H,18,21). The summed E-state index contributed by atoms with van der Waals surface area (Å²) in [5.41, 5.74) is -0.0463. The minimum Gasteiger partial charge on any atom is -0.506 e. The highest BCUT2D eigenvalue weighted by Gasteiger charge is 2.19. The van der Waals surface area contributed by atoms with Crippen LogP contribution < -0.4 is 5.32 Å². The van der Waals surface area contributed by atoms with Crippen molar-refractivity contribution in [2.75, 3.05) is 11.6 Å². The van der Waals surface area contributed by atoms with Crippen LogP contribution in [0.3, 0.4) is 0 Å². The number of phenolic OH excluding ortho intramolecular Hbond substituents is 1. The van der Waals surface area contributed by atoms with Crippen molar-refractivity contribution in [3.8, 4) is 5.75 Å². The topological polar surface area (TPSA) is 142 Å². The van der Waals surface area contributed by atoms with Gasteiger partial charge in [0.25, 0.3) is 9.05 Å². The number of sulfone groups is 1. The van der Waals surface area contributed by atoms with Crippen LogP contribution in [0, 0.1) is 0 Å². The van der Waals surface area contributed by atoms with E-state index in [2.05, 4.69) is 15.5 Å². The Kier molecular flexibility index (Phi) is 6.34. The number of phenols is 1. The highest BCUT2D eigenvalue weighted by Crippen LogP contribution is 2.37. The number of nitrogens with zero attached hydrogens (tertiary/aromatic N) is 2. The van der Waals surface area contributed by atoms with E-state index in [1.807, 2.05) is 0 Å². The van der Waals surface area contributed by atoms with E-state index in [4.69, 9.17) is 22.3 Å². The van der Waals surface area contributed by atoms with E-state index in [0.29, 0.717) is 0 Å². The van der Waals surface area contributed by atoms with Gasteiger partial charge in [0.15, 0.2) is 9.84 Å². The highest BCUT2D eigenvalue weighted by molar-refractivity contribution is 8.13. The highest BCUT2D eigenvalue weighted by atomic mass is 35.7. The molecule has 2 aromatic rings. The maximum atomic E-state index is 12.0. The Balaban J connectivity index is 2.61. The third kappa shape index (κ3) is 5.41. The molecule has 0 radical (unpaired) electrons. The molecular formula is C15H13Cl2N3O6S2. The van der Waals surface area contributed by atoms with Crippen LogP contribution >= 0.6 is 22.3 Å². The van der Waals surface area contributed by atoms with Crippen molar-refractivity contribution in [2.24, 2.45) is 10.2 Å². The summed E-state index contributed by atoms with van der Waals surface area (Å²) in [6, 6.07) is 5.42. The van der Waals surface area contributed by atoms with Gasteiger partial charge in [-0.15, -0.1) is 10.2 Å². The fourth-order valence-corrected chi connectivity index (χ4v) is 3.90. The summed E-state index contributed by atoms with van der Waals surface area (Å²) in [5.74, 6) is -0.760. The second-order valence-corrected chi connectivity index (χ2v) is 10.5. The molecule has 9 nitrogen and oxygen atoms in total. The smallest absolute Gasteiger partial charge is 0.261 e. The number of hydrogen-bond donors (Lipinski definition) is 2. The van der Waals surface area contributed by atoms with Gasteiger partial charge in [-0.05, 0) is 24.3 Å². The molecule has 2 aromatic carbocycles. The molecule has 1 amide bonds. The van der Waals surface area contributed by atoms with Crippen molar-refractivity contribution in [3.05, 3.63) is 35.4 Å². The molecule has 0 bridgehead atoms. The Hall–Kier alpha value is -2.21. The van der Waals surface area contributed by atoms with Crippen molar-refractivity contribution >= 4 is 64.1 Å². The summed E-state index contributed by atoms with van der Waals surface area (Å²) in [6.45, 7) is 1.24. The van der Waals surface area contributed by atoms with Crippen molar-refractivity contribution in [1.82, 2.24) is 0 Å². The van der Waals surface area contributed by atoms with Crippen LogP contribution in [0.2, 0.25) is 5.02 Å². The number of benzene rings is 2. The normalized spacial score (nSPS) is 12.3. The third-order valence-corrected chi connectivity index (χ3v) is 6.03. The van der Waals surface area contributed by atoms with Gasteiger partial charge < -0.3 is 10.4 Å². The van der Waals surface area contributed by atoms with Crippen molar-refractivity contribution in [3.63, 3.8) is 0 Å². The van der Waals surface area contributed by atoms with Gasteiger partial charge in [0.2, 0.25) is 5.91 Å². The van der Waals surface area contributed by atoms with E-state index in [1.165, 1.54) is 13.0 Å². The van der Waals surface area contributed by atoms with Gasteiger partial charge in [0.1, 0.15) is 17.1 Å². The SMILES string of the molecule is CC(=O)Nc1cc(O)c(Cl)cc1N=Nc1ccc(S(=O)(=O)Cl)cc1S(C)(=O)=O. The van der Waals surface area contributed by atoms with E-state index in [9.17, 15) is 26.7 Å². The lowest BCUT2D eigenvalue weighted by molar-refractivity contribution is -0.114. The lowest BCUT2D eigenvalue weighted by atomic mass is 10.2. The summed E-state index contributed by atoms with van der Waals surface area (Å²) in [7, 11) is -2.78. The second-order valence-electron chi connectivity index (χ2n) is 5.54. The fraction of sp³-hybridized carbons (Fsp3) is 0.133. The number of halogens is 2. The molecule has 2 rings (SSSR count). The number of amides is 1. The predicted molar refractivity (Wildman–Crippen MR) is 104 cm³/mol. The zero-order chi connectivity index (χ0) is 21.3. The van der Waals surface area contributed by atoms with Gasteiger partial charge in [-0.1, -0.05) is 11.6 Å². The Morgan fingerprint density at radius 3 is 2.21 bits per heavy atom. The Bertz CT molecular complexity index is 1190. The molecule has 0 aliphatic heterocycles. The van der Waals surface area contributed by atoms with E-state index in [1.54, 1.807) is 0 Å². The number of azo groups is 1. The van der Waals surface area contributed by atoms with Gasteiger partial charge in [0.05, 0.1) is 20.5 Å². The maximum Gasteiger partial charge on any atom is 0.261 e. The molecule has 28 heavy (non-hydrogen) atoms. The number of nitrogens with one attached hydrogen (secondary N) is 1. The molecule has 150 valence electrons. The molecule has 0 aliphatic rings. The van der Waals surface area contributed by atoms with Crippen LogP contribution in [0.25, 0.3) is 0 Å². The number of hydrogen-bond acceptors (Lipinski definition) is 8. The minimum atomic E-state index is -4.16. The summed E-state index contributed by atoms with van der Waals surface area (Å²) >= 11 is 5.84. The fourth-order valence-electron chi connectivity index (χ4n) is 2.06. The number of carbonyl (C=O) groups is 1. The molecule has 0 saturated carbocycles. The predicted octanol–water partition coefficient (Wildman–Crippen LogP) is 3.75. The first-order chi connectivity index (χ1) is 12.8. The summed E-state index contributed by atoms with van der Waals surface area (Å²) in [4.78, 5) is 10.5. The van der Waals surface area contributed by atoms with Crippen molar-refractivity contribution in [2.45, 2.75) is 16.7 Å². The zero-order valence-corrected chi connectivity index (χ0v) is 17.5. The van der Waals surface area contributed by atoms with Gasteiger partial charge in [-0.25, -0.2) is 16.8 Å². The molecule has 0 aromatic heterocycles. The maximum absolute atomic E-state index is 12.0. The molecule has 0 aliphatic carbocycles. The summed E-state index contributed by atoms with van der Waals surface area (Å²) < 4.78 is 46.9. The van der Waals surface area contributed by atoms with Crippen LogP contribution in [0.1, 0.15) is 6.92 Å². The van der Waals surface area contributed by atoms with Crippen molar-refractivity contribution in [1.29, 1.82) is 0 Å². The molecule has 2 N–H and O–H groups in total. The molecule has 0 spiro atoms. The number of carbonyl (C=O) groups excluding carboxylic acids is 1. The van der Waals surface area contributed by atoms with Gasteiger partial charge in [-0.2, -0.15) is 0 Å². The van der Waals surface area contributed by atoms with Gasteiger partial charge >= 0.3 is 0 Å². The number of anilines is 1. The monoisotopic (exact) mass is 465 g/mol. The molecule has 13 heteroatoms. The van der Waals surface area contributed by atoms with E-state index < -0.39 is 34.6 Å². The largest absolute Gasteiger partial charge is 0.506 e. The quantitative estimate of drug-likeness (QED) is 0.508. The average molecular weight is 466 g/mol. The molecule has 0 saturated heterocycles. The Morgan fingerprint density at radius 1 is 1.07 bits per heavy atom. The Morgan fingerprint density at radius 2 is 1.68 bits per heavy atom. The van der Waals surface area contributed by atoms with E-state index in [-0.39, 0.29) is 27.8 Å². The second kappa shape index (κ2) is 8.03. The first-order valence-electron chi connectivity index (χ1n) is 7.29. The number of rotatable bonds is 5. The molecule has 0 unspecified atom stereocenters. The van der Waals surface area contributed by atoms with Gasteiger partial charge in [-0.3, -0.25) is 4.79 Å². The van der Waals surface area contributed by atoms with Crippen LogP contribution in [0.4, 0.5) is 17.1 Å². The Labute approximate surface area is 170 Å². The van der Waals surface area contributed by atoms with Crippen LogP contribution in [0.5, 0.6) is 5.75 Å². The van der Waals surface area contributed by atoms with Crippen LogP contribution in [-0.4, -0.2) is 34.1 Å². The first-order valence-corrected chi connectivity index (χ1v) is 11.9. The number of aromatic hydroxyl groups is 1. The summed E-state index contributed by atoms with van der Waals surface area (Å²) in [5, 5.41) is 19.7.